The van der Waals surface area contributed by atoms with Crippen molar-refractivity contribution in [3.8, 4) is 56.3 Å². The van der Waals surface area contributed by atoms with Crippen LogP contribution in [-0.4, -0.2) is 9.97 Å². The maximum Gasteiger partial charge on any atom is 0.122 e. The first-order chi connectivity index (χ1) is 18.8. The Labute approximate surface area is 242 Å². The molecule has 0 atom stereocenters. The normalized spacial score (nSPS) is 10.7. The Morgan fingerprint density at radius 2 is 1.28 bits per heavy atom. The van der Waals surface area contributed by atoms with Gasteiger partial charge in [-0.1, -0.05) is 71.8 Å². The molecule has 4 aromatic carbocycles. The number of hydrogen-bond acceptors (Lipinski definition) is 3. The molecule has 0 fully saturated rings. The Morgan fingerprint density at radius 1 is 0.564 bits per heavy atom. The summed E-state index contributed by atoms with van der Waals surface area (Å²) in [5.41, 5.74) is 9.59. The molecule has 0 saturated heterocycles. The van der Waals surface area contributed by atoms with Gasteiger partial charge in [-0.3, -0.25) is 0 Å². The number of ether oxygens (including phenoxy) is 1. The van der Waals surface area contributed by atoms with Gasteiger partial charge in [-0.05, 0) is 47.6 Å². The van der Waals surface area contributed by atoms with Crippen LogP contribution in [0.5, 0.6) is 11.5 Å². The Balaban J connectivity index is 0.000000200. The van der Waals surface area contributed by atoms with Gasteiger partial charge < -0.3 is 14.7 Å². The molecule has 6 aromatic rings. The maximum atomic E-state index is 6.25. The molecule has 3 nitrogen and oxygen atoms in total. The molecule has 0 spiro atoms. The number of aromatic nitrogens is 2. The standard InChI is InChI=1S/C24H16NO.C11H8N.Ir/c1-16-12-13-25-22(14-16)17-10-11-24-21(15-17)19-7-3-2-6-18(19)20-8-4-5-9-23(20)26-24;1-2-6-10(7-3-1)11-8-4-5-9-12-11;/h2-9,11-15H,1H3;1-6,8-9H;/q2*-1;. The van der Waals surface area contributed by atoms with Crippen molar-refractivity contribution in [2.24, 2.45) is 0 Å². The van der Waals surface area contributed by atoms with Crippen molar-refractivity contribution in [3.63, 3.8) is 0 Å². The number of fused-ring (bicyclic) bond motifs is 5. The Bertz CT molecular complexity index is 1660. The fourth-order valence-corrected chi connectivity index (χ4v) is 4.53. The third-order valence-corrected chi connectivity index (χ3v) is 6.37. The Morgan fingerprint density at radius 3 is 2.03 bits per heavy atom. The molecule has 1 radical (unpaired) electrons. The van der Waals surface area contributed by atoms with Gasteiger partial charge in [-0.15, -0.1) is 59.7 Å². The molecule has 0 saturated carbocycles. The summed E-state index contributed by atoms with van der Waals surface area (Å²) in [5.74, 6) is 1.69. The molecular weight excluding hydrogens is 657 g/mol. The van der Waals surface area contributed by atoms with Gasteiger partial charge in [0, 0.05) is 38.1 Å². The molecule has 0 aliphatic carbocycles. The van der Waals surface area contributed by atoms with Crippen molar-refractivity contribution in [2.45, 2.75) is 6.92 Å². The smallest absolute Gasteiger partial charge is 0.122 e. The van der Waals surface area contributed by atoms with E-state index in [4.69, 9.17) is 4.74 Å². The second-order valence-electron chi connectivity index (χ2n) is 8.98. The predicted molar refractivity (Wildman–Crippen MR) is 153 cm³/mol. The summed E-state index contributed by atoms with van der Waals surface area (Å²) in [7, 11) is 0. The molecular formula is C35H24IrN2O-2. The van der Waals surface area contributed by atoms with Crippen molar-refractivity contribution < 1.29 is 24.8 Å². The number of aryl methyl sites for hydroxylation is 1. The van der Waals surface area contributed by atoms with Gasteiger partial charge in [-0.25, -0.2) is 0 Å². The van der Waals surface area contributed by atoms with E-state index in [9.17, 15) is 0 Å². The summed E-state index contributed by atoms with van der Waals surface area (Å²) in [6.45, 7) is 2.07. The van der Waals surface area contributed by atoms with Crippen LogP contribution in [0.4, 0.5) is 0 Å². The number of benzene rings is 4. The molecule has 39 heavy (non-hydrogen) atoms. The molecule has 0 bridgehead atoms. The molecule has 3 heterocycles. The van der Waals surface area contributed by atoms with Crippen molar-refractivity contribution in [3.05, 3.63) is 145 Å². The van der Waals surface area contributed by atoms with Crippen LogP contribution in [0, 0.1) is 19.1 Å². The van der Waals surface area contributed by atoms with E-state index in [1.807, 2.05) is 79.0 Å². The summed E-state index contributed by atoms with van der Waals surface area (Å²) in [4.78, 5) is 8.72. The quantitative estimate of drug-likeness (QED) is 0.171. The molecule has 0 N–H and O–H groups in total. The number of pyridine rings is 2. The zero-order valence-corrected chi connectivity index (χ0v) is 23.7. The van der Waals surface area contributed by atoms with E-state index in [1.165, 1.54) is 11.1 Å². The summed E-state index contributed by atoms with van der Waals surface area (Å²) in [5, 5.41) is 0. The second kappa shape index (κ2) is 12.0. The minimum atomic E-state index is 0. The van der Waals surface area contributed by atoms with E-state index < -0.39 is 0 Å². The van der Waals surface area contributed by atoms with E-state index in [0.29, 0.717) is 0 Å². The van der Waals surface area contributed by atoms with Crippen LogP contribution < -0.4 is 4.74 Å². The average Bonchev–Trinajstić information content (AvgIpc) is 3.13. The molecule has 1 aliphatic heterocycles. The number of nitrogens with zero attached hydrogens (tertiary/aromatic N) is 2. The van der Waals surface area contributed by atoms with Crippen LogP contribution in [0.1, 0.15) is 5.56 Å². The molecule has 7 rings (SSSR count). The van der Waals surface area contributed by atoms with Crippen LogP contribution in [-0.2, 0) is 20.1 Å². The van der Waals surface area contributed by atoms with Crippen LogP contribution >= 0.6 is 0 Å². The van der Waals surface area contributed by atoms with Crippen molar-refractivity contribution in [1.82, 2.24) is 9.97 Å². The molecule has 191 valence electrons. The zero-order chi connectivity index (χ0) is 25.7. The fraction of sp³-hybridized carbons (Fsp3) is 0.0286. The average molecular weight is 681 g/mol. The number of hydrogen-bond donors (Lipinski definition) is 0. The van der Waals surface area contributed by atoms with E-state index >= 15 is 0 Å². The van der Waals surface area contributed by atoms with Gasteiger partial charge in [-0.2, -0.15) is 0 Å². The SMILES string of the molecule is Cc1ccnc(-c2[c-]cc3c(c2)-c2ccccc2-c2ccccc2O3)c1.[Ir].[c-]1ccccc1-c1ccccn1. The molecule has 2 aromatic heterocycles. The molecule has 4 heteroatoms. The third kappa shape index (κ3) is 5.73. The number of para-hydroxylation sites is 1. The van der Waals surface area contributed by atoms with Crippen LogP contribution in [0.3, 0.4) is 0 Å². The van der Waals surface area contributed by atoms with Crippen molar-refractivity contribution in [1.29, 1.82) is 0 Å². The van der Waals surface area contributed by atoms with Crippen LogP contribution in [0.25, 0.3) is 44.8 Å². The first-order valence-electron chi connectivity index (χ1n) is 12.5. The zero-order valence-electron chi connectivity index (χ0n) is 21.3. The monoisotopic (exact) mass is 681 g/mol. The number of rotatable bonds is 2. The molecule has 1 aliphatic rings. The summed E-state index contributed by atoms with van der Waals surface area (Å²) in [6.07, 6.45) is 3.63. The van der Waals surface area contributed by atoms with E-state index in [0.717, 1.165) is 50.7 Å². The van der Waals surface area contributed by atoms with Gasteiger partial charge in [0.05, 0.1) is 5.75 Å². The summed E-state index contributed by atoms with van der Waals surface area (Å²) >= 11 is 0. The van der Waals surface area contributed by atoms with E-state index in [2.05, 4.69) is 71.5 Å². The Hall–Kier alpha value is -4.37. The topological polar surface area (TPSA) is 35.0 Å². The summed E-state index contributed by atoms with van der Waals surface area (Å²) < 4.78 is 6.25. The Kier molecular flexibility index (Phi) is 8.07. The first-order valence-corrected chi connectivity index (χ1v) is 12.5. The largest absolute Gasteiger partial charge is 0.500 e. The first kappa shape index (κ1) is 26.2. The minimum Gasteiger partial charge on any atom is -0.500 e. The van der Waals surface area contributed by atoms with Gasteiger partial charge in [0.15, 0.2) is 0 Å². The van der Waals surface area contributed by atoms with Crippen molar-refractivity contribution >= 4 is 0 Å². The van der Waals surface area contributed by atoms with Crippen LogP contribution in [0.2, 0.25) is 0 Å². The fourth-order valence-electron chi connectivity index (χ4n) is 4.53. The third-order valence-electron chi connectivity index (χ3n) is 6.37. The maximum absolute atomic E-state index is 6.25. The van der Waals surface area contributed by atoms with E-state index in [1.54, 1.807) is 6.20 Å². The minimum absolute atomic E-state index is 0. The molecule has 0 amide bonds. The second-order valence-corrected chi connectivity index (χ2v) is 8.98. The van der Waals surface area contributed by atoms with Gasteiger partial charge in [0.25, 0.3) is 0 Å². The van der Waals surface area contributed by atoms with E-state index in [-0.39, 0.29) is 20.1 Å². The van der Waals surface area contributed by atoms with Crippen molar-refractivity contribution in [2.75, 3.05) is 0 Å². The summed E-state index contributed by atoms with van der Waals surface area (Å²) in [6, 6.07) is 44.9. The predicted octanol–water partition coefficient (Wildman–Crippen LogP) is 8.84. The van der Waals surface area contributed by atoms with Gasteiger partial charge >= 0.3 is 0 Å². The van der Waals surface area contributed by atoms with Gasteiger partial charge in [0.1, 0.15) is 5.75 Å². The van der Waals surface area contributed by atoms with Gasteiger partial charge in [0.2, 0.25) is 0 Å². The van der Waals surface area contributed by atoms with Crippen LogP contribution in [0.15, 0.2) is 128 Å². The molecule has 0 unspecified atom stereocenters.